The molecule has 6 nitrogen and oxygen atoms in total. The molecule has 2 rings (SSSR count). The highest BCUT2D eigenvalue weighted by Crippen LogP contribution is 2.11. The van der Waals surface area contributed by atoms with E-state index in [0.717, 1.165) is 25.9 Å². The summed E-state index contributed by atoms with van der Waals surface area (Å²) in [6, 6.07) is 4.66. The van der Waals surface area contributed by atoms with E-state index in [1.165, 1.54) is 18.3 Å². The highest BCUT2D eigenvalue weighted by molar-refractivity contribution is 7.89. The minimum Gasteiger partial charge on any atom is -0.316 e. The van der Waals surface area contributed by atoms with E-state index in [2.05, 4.69) is 15.0 Å². The van der Waals surface area contributed by atoms with Crippen LogP contribution in [-0.2, 0) is 10.0 Å². The molecule has 0 spiro atoms. The van der Waals surface area contributed by atoms with Crippen LogP contribution in [0.2, 0.25) is 0 Å². The molecule has 1 aromatic heterocycles. The van der Waals surface area contributed by atoms with Gasteiger partial charge in [0.2, 0.25) is 0 Å². The molecule has 2 heterocycles. The lowest BCUT2D eigenvalue weighted by atomic mass is 10.0. The summed E-state index contributed by atoms with van der Waals surface area (Å²) in [6.07, 6.45) is 3.41. The highest BCUT2D eigenvalue weighted by Gasteiger charge is 2.19. The molecule has 0 aromatic carbocycles. The lowest BCUT2D eigenvalue weighted by Gasteiger charge is -2.22. The second kappa shape index (κ2) is 6.10. The van der Waals surface area contributed by atoms with Crippen LogP contribution in [0.1, 0.15) is 18.4 Å². The summed E-state index contributed by atoms with van der Waals surface area (Å²) in [4.78, 5) is 3.81. The predicted molar refractivity (Wildman–Crippen MR) is 69.7 cm³/mol. The normalized spacial score (nSPS) is 19.8. The highest BCUT2D eigenvalue weighted by atomic mass is 32.2. The first kappa shape index (κ1) is 13.9. The summed E-state index contributed by atoms with van der Waals surface area (Å²) in [7, 11) is -3.63. The molecular weight excluding hydrogens is 264 g/mol. The van der Waals surface area contributed by atoms with Crippen molar-refractivity contribution in [2.75, 3.05) is 19.6 Å². The number of nitrogens with zero attached hydrogens (tertiary/aromatic N) is 2. The van der Waals surface area contributed by atoms with Crippen molar-refractivity contribution in [2.24, 2.45) is 5.92 Å². The lowest BCUT2D eigenvalue weighted by Crippen LogP contribution is -2.38. The number of rotatable bonds is 4. The molecule has 7 heteroatoms. The van der Waals surface area contributed by atoms with Crippen LogP contribution in [0.4, 0.5) is 0 Å². The first-order chi connectivity index (χ1) is 9.12. The van der Waals surface area contributed by atoms with Gasteiger partial charge < -0.3 is 5.32 Å². The van der Waals surface area contributed by atoms with Gasteiger partial charge in [0.15, 0.2) is 5.03 Å². The molecular formula is C12H16N4O2S. The average Bonchev–Trinajstić information content (AvgIpc) is 2.46. The largest absolute Gasteiger partial charge is 0.316 e. The molecule has 2 N–H and O–H groups in total. The quantitative estimate of drug-likeness (QED) is 0.823. The second-order valence-corrected chi connectivity index (χ2v) is 6.27. The third kappa shape index (κ3) is 3.73. The van der Waals surface area contributed by atoms with Gasteiger partial charge in [-0.2, -0.15) is 5.26 Å². The van der Waals surface area contributed by atoms with Crippen molar-refractivity contribution in [3.8, 4) is 6.07 Å². The van der Waals surface area contributed by atoms with Crippen LogP contribution in [0, 0.1) is 17.2 Å². The molecule has 1 atom stereocenters. The maximum atomic E-state index is 12.0. The predicted octanol–water partition coefficient (Wildman–Crippen LogP) is 0.231. The monoisotopic (exact) mass is 280 g/mol. The van der Waals surface area contributed by atoms with E-state index < -0.39 is 10.0 Å². The molecule has 1 aliphatic heterocycles. The van der Waals surface area contributed by atoms with Crippen LogP contribution in [0.5, 0.6) is 0 Å². The molecule has 1 aliphatic rings. The van der Waals surface area contributed by atoms with Gasteiger partial charge in [0.1, 0.15) is 0 Å². The van der Waals surface area contributed by atoms with Crippen LogP contribution in [0.3, 0.4) is 0 Å². The standard InChI is InChI=1S/C12H16N4O2S/c13-7-10-3-5-15-12(6-10)19(17,18)16-9-11-2-1-4-14-8-11/h3,5-6,11,14,16H,1-2,4,8-9H2/t11-/m1/s1. The fourth-order valence-corrected chi connectivity index (χ4v) is 3.11. The van der Waals surface area contributed by atoms with E-state index in [1.807, 2.05) is 6.07 Å². The molecule has 0 saturated carbocycles. The number of hydrogen-bond donors (Lipinski definition) is 2. The fraction of sp³-hybridized carbons (Fsp3) is 0.500. The Hall–Kier alpha value is -1.49. The van der Waals surface area contributed by atoms with Gasteiger partial charge in [-0.25, -0.2) is 18.1 Å². The summed E-state index contributed by atoms with van der Waals surface area (Å²) in [5.74, 6) is 0.308. The Labute approximate surface area is 112 Å². The molecule has 0 bridgehead atoms. The van der Waals surface area contributed by atoms with Gasteiger partial charge in [-0.1, -0.05) is 0 Å². The summed E-state index contributed by atoms with van der Waals surface area (Å²) < 4.78 is 26.6. The van der Waals surface area contributed by atoms with E-state index in [-0.39, 0.29) is 10.6 Å². The Kier molecular flexibility index (Phi) is 4.47. The average molecular weight is 280 g/mol. The molecule has 1 aromatic rings. The summed E-state index contributed by atoms with van der Waals surface area (Å²) >= 11 is 0. The Balaban J connectivity index is 2.03. The molecule has 102 valence electrons. The van der Waals surface area contributed by atoms with Crippen molar-refractivity contribution < 1.29 is 8.42 Å². The van der Waals surface area contributed by atoms with E-state index in [9.17, 15) is 8.42 Å². The maximum Gasteiger partial charge on any atom is 0.258 e. The number of aromatic nitrogens is 1. The van der Waals surface area contributed by atoms with E-state index in [4.69, 9.17) is 5.26 Å². The topological polar surface area (TPSA) is 94.9 Å². The van der Waals surface area contributed by atoms with Crippen LogP contribution in [0.25, 0.3) is 0 Å². The van der Waals surface area contributed by atoms with Crippen LogP contribution in [0.15, 0.2) is 23.4 Å². The van der Waals surface area contributed by atoms with Gasteiger partial charge in [0.05, 0.1) is 11.6 Å². The first-order valence-corrected chi connectivity index (χ1v) is 7.66. The van der Waals surface area contributed by atoms with Gasteiger partial charge in [0, 0.05) is 12.7 Å². The number of hydrogen-bond acceptors (Lipinski definition) is 5. The van der Waals surface area contributed by atoms with Gasteiger partial charge >= 0.3 is 0 Å². The van der Waals surface area contributed by atoms with Crippen molar-refractivity contribution in [3.05, 3.63) is 23.9 Å². The number of sulfonamides is 1. The molecule has 1 fully saturated rings. The summed E-state index contributed by atoms with van der Waals surface area (Å²) in [5, 5.41) is 11.9. The number of piperidine rings is 1. The minimum atomic E-state index is -3.63. The molecule has 0 unspecified atom stereocenters. The molecule has 0 aliphatic carbocycles. The maximum absolute atomic E-state index is 12.0. The zero-order valence-electron chi connectivity index (χ0n) is 10.5. The van der Waals surface area contributed by atoms with Gasteiger partial charge in [0.25, 0.3) is 10.0 Å². The SMILES string of the molecule is N#Cc1ccnc(S(=O)(=O)NC[C@@H]2CCCNC2)c1. The molecule has 19 heavy (non-hydrogen) atoms. The fourth-order valence-electron chi connectivity index (χ4n) is 2.03. The first-order valence-electron chi connectivity index (χ1n) is 6.18. The minimum absolute atomic E-state index is 0.102. The third-order valence-electron chi connectivity index (χ3n) is 3.10. The Morgan fingerprint density at radius 3 is 3.11 bits per heavy atom. The van der Waals surface area contributed by atoms with Gasteiger partial charge in [-0.3, -0.25) is 0 Å². The van der Waals surface area contributed by atoms with Crippen LogP contribution >= 0.6 is 0 Å². The second-order valence-electron chi connectivity index (χ2n) is 4.56. The van der Waals surface area contributed by atoms with Crippen molar-refractivity contribution in [2.45, 2.75) is 17.9 Å². The van der Waals surface area contributed by atoms with Crippen LogP contribution in [-0.4, -0.2) is 33.0 Å². The lowest BCUT2D eigenvalue weighted by molar-refractivity contribution is 0.375. The smallest absolute Gasteiger partial charge is 0.258 e. The zero-order valence-corrected chi connectivity index (χ0v) is 11.3. The Morgan fingerprint density at radius 2 is 2.42 bits per heavy atom. The number of pyridine rings is 1. The zero-order chi connectivity index (χ0) is 13.7. The Bertz CT molecular complexity index is 574. The van der Waals surface area contributed by atoms with Crippen molar-refractivity contribution >= 4 is 10.0 Å². The van der Waals surface area contributed by atoms with Gasteiger partial charge in [-0.15, -0.1) is 0 Å². The molecule has 0 amide bonds. The number of nitrogens with one attached hydrogen (secondary N) is 2. The van der Waals surface area contributed by atoms with Crippen molar-refractivity contribution in [1.82, 2.24) is 15.0 Å². The molecule has 1 saturated heterocycles. The van der Waals surface area contributed by atoms with Gasteiger partial charge in [-0.05, 0) is 44.0 Å². The molecule has 0 radical (unpaired) electrons. The van der Waals surface area contributed by atoms with Crippen molar-refractivity contribution in [1.29, 1.82) is 5.26 Å². The third-order valence-corrected chi connectivity index (χ3v) is 4.42. The Morgan fingerprint density at radius 1 is 1.58 bits per heavy atom. The van der Waals surface area contributed by atoms with E-state index in [0.29, 0.717) is 12.5 Å². The van der Waals surface area contributed by atoms with E-state index in [1.54, 1.807) is 0 Å². The number of nitriles is 1. The summed E-state index contributed by atoms with van der Waals surface area (Å²) in [5.41, 5.74) is 0.287. The van der Waals surface area contributed by atoms with E-state index >= 15 is 0 Å². The van der Waals surface area contributed by atoms with Crippen molar-refractivity contribution in [3.63, 3.8) is 0 Å². The van der Waals surface area contributed by atoms with Crippen LogP contribution < -0.4 is 10.0 Å². The summed E-state index contributed by atoms with van der Waals surface area (Å²) in [6.45, 7) is 2.22.